The number of benzene rings is 1. The van der Waals surface area contributed by atoms with Gasteiger partial charge in [0.2, 0.25) is 6.20 Å². The molecule has 25 heteroatoms. The highest BCUT2D eigenvalue weighted by Gasteiger charge is 2.58. The molecule has 4 rings (SSSR count). The molecular weight excluding hydrogens is 916 g/mol. The van der Waals surface area contributed by atoms with E-state index in [1.807, 2.05) is 28.8 Å². The number of carbonyl (C=O) groups is 5. The lowest BCUT2D eigenvalue weighted by Crippen LogP contribution is -2.76. The number of hydrogen-bond donors (Lipinski definition) is 4. The van der Waals surface area contributed by atoms with Crippen LogP contribution in [0.25, 0.3) is 11.1 Å². The SMILES string of the molecule is C[n+]1cc(-c2ccc(OCC(O/N=C(\C(=O)NC3C(=O)N(OS(=O)(=O)O)C3(C)C)c3csc(NC(=O)OC(C)(C)C)n3)C(=O)OC(C)(C)C)cc2Cl)cn1CCCNC(=O)OC(C)(C)C. The topological polar surface area (TPSA) is 268 Å². The van der Waals surface area contributed by atoms with E-state index in [0.29, 0.717) is 35.2 Å². The van der Waals surface area contributed by atoms with Gasteiger partial charge in [-0.25, -0.2) is 19.4 Å². The number of aryl methyl sites for hydroxylation is 2. The van der Waals surface area contributed by atoms with Gasteiger partial charge in [0.1, 0.15) is 40.9 Å². The molecule has 2 unspecified atom stereocenters. The second-order valence-electron chi connectivity index (χ2n) is 18.1. The fraction of sp³-hybridized carbons (Fsp3) is 0.550. The number of nitrogens with one attached hydrogen (secondary N) is 3. The predicted octanol–water partition coefficient (Wildman–Crippen LogP) is 4.70. The maximum atomic E-state index is 13.9. The Kier molecular flexibility index (Phi) is 16.3. The van der Waals surface area contributed by atoms with Crippen molar-refractivity contribution < 1.29 is 69.7 Å². The maximum Gasteiger partial charge on any atom is 0.418 e. The summed E-state index contributed by atoms with van der Waals surface area (Å²) in [7, 11) is -3.23. The van der Waals surface area contributed by atoms with Gasteiger partial charge in [0, 0.05) is 17.5 Å². The van der Waals surface area contributed by atoms with E-state index < -0.39 is 87.2 Å². The number of ether oxygens (including phenoxy) is 4. The fourth-order valence-electron chi connectivity index (χ4n) is 5.74. The van der Waals surface area contributed by atoms with Gasteiger partial charge in [-0.1, -0.05) is 16.8 Å². The quantitative estimate of drug-likeness (QED) is 0.0209. The molecule has 22 nitrogen and oxygen atoms in total. The van der Waals surface area contributed by atoms with Gasteiger partial charge in [0.05, 0.1) is 28.9 Å². The van der Waals surface area contributed by atoms with E-state index in [1.165, 1.54) is 25.3 Å². The Morgan fingerprint density at radius 1 is 1.02 bits per heavy atom. The summed E-state index contributed by atoms with van der Waals surface area (Å²) in [5.74, 6) is -2.82. The number of thiazole rings is 1. The highest BCUT2D eigenvalue weighted by atomic mass is 35.5. The molecule has 1 aliphatic heterocycles. The summed E-state index contributed by atoms with van der Waals surface area (Å²) in [4.78, 5) is 74.7. The van der Waals surface area contributed by atoms with Gasteiger partial charge in [0.25, 0.3) is 17.9 Å². The number of halogens is 1. The van der Waals surface area contributed by atoms with Gasteiger partial charge in [0.15, 0.2) is 17.9 Å². The molecule has 0 radical (unpaired) electrons. The molecule has 65 heavy (non-hydrogen) atoms. The molecular formula is C40H56ClN8O14S2+. The van der Waals surface area contributed by atoms with Gasteiger partial charge in [-0.05, 0) is 101 Å². The first-order valence-corrected chi connectivity index (χ1v) is 22.6. The average molecular weight is 973 g/mol. The molecule has 1 aromatic carbocycles. The third-order valence-electron chi connectivity index (χ3n) is 8.54. The van der Waals surface area contributed by atoms with E-state index in [-0.39, 0.29) is 16.6 Å². The highest BCUT2D eigenvalue weighted by Crippen LogP contribution is 2.34. The third kappa shape index (κ3) is 15.5. The average Bonchev–Trinajstić information content (AvgIpc) is 3.75. The lowest BCUT2D eigenvalue weighted by molar-refractivity contribution is -0.753. The summed E-state index contributed by atoms with van der Waals surface area (Å²) in [5, 5.41) is 13.6. The van der Waals surface area contributed by atoms with Crippen LogP contribution in [0.15, 0.2) is 41.1 Å². The Hall–Kier alpha value is -5.56. The molecule has 4 amide bonds. The van der Waals surface area contributed by atoms with Gasteiger partial charge in [-0.15, -0.1) is 20.3 Å². The van der Waals surface area contributed by atoms with E-state index in [1.54, 1.807) is 74.4 Å². The summed E-state index contributed by atoms with van der Waals surface area (Å²) in [6, 6.07) is 3.47. The zero-order chi connectivity index (χ0) is 48.9. The smallest absolute Gasteiger partial charge is 0.418 e. The van der Waals surface area contributed by atoms with Crippen molar-refractivity contribution in [2.45, 2.75) is 124 Å². The van der Waals surface area contributed by atoms with E-state index in [2.05, 4.69) is 30.4 Å². The standard InChI is InChI=1S/C40H55ClN8O14S2/c1-37(2,3)59-33(52)28(21-58-24-14-15-25(26(41)18-24)23-19-47(12)48(20-23)17-13-16-42-35(53)60-38(4,5)6)62-46-29(27-22-64-34(43-27)45-36(54)61-39(7,8)9)31(50)44-30-32(51)49(40(30,10)11)63-65(55,56)57/h14-15,18-20,22,28,30H,13,16-17,21H2,1-12H3,(H3-,42,43,44,45,50,53,54,55,56,57)/p+1/b46-29-. The second-order valence-corrected chi connectivity index (χ2v) is 20.4. The zero-order valence-corrected chi connectivity index (χ0v) is 40.5. The monoisotopic (exact) mass is 971 g/mol. The largest absolute Gasteiger partial charge is 0.489 e. The molecule has 358 valence electrons. The molecule has 1 fully saturated rings. The van der Waals surface area contributed by atoms with Gasteiger partial charge >= 0.3 is 28.6 Å². The van der Waals surface area contributed by atoms with Crippen molar-refractivity contribution in [2.24, 2.45) is 12.2 Å². The van der Waals surface area contributed by atoms with Crippen LogP contribution in [0.3, 0.4) is 0 Å². The molecule has 3 aromatic rings. The molecule has 2 atom stereocenters. The maximum absolute atomic E-state index is 13.9. The van der Waals surface area contributed by atoms with Crippen LogP contribution in [-0.2, 0) is 61.7 Å². The van der Waals surface area contributed by atoms with Crippen molar-refractivity contribution in [3.8, 4) is 16.9 Å². The van der Waals surface area contributed by atoms with Crippen molar-refractivity contribution in [3.63, 3.8) is 0 Å². The number of hydroxylamine groups is 2. The number of rotatable bonds is 17. The number of aromatic nitrogens is 3. The van der Waals surface area contributed by atoms with Gasteiger partial charge in [-0.2, -0.15) is 18.2 Å². The van der Waals surface area contributed by atoms with Crippen LogP contribution in [0, 0.1) is 0 Å². The van der Waals surface area contributed by atoms with E-state index >= 15 is 0 Å². The fourth-order valence-corrected chi connectivity index (χ4v) is 7.15. The summed E-state index contributed by atoms with van der Waals surface area (Å²) >= 11 is 7.62. The predicted molar refractivity (Wildman–Crippen MR) is 235 cm³/mol. The molecule has 4 N–H and O–H groups in total. The Morgan fingerprint density at radius 3 is 2.23 bits per heavy atom. The normalized spacial score (nSPS) is 15.9. The van der Waals surface area contributed by atoms with Crippen molar-refractivity contribution in [2.75, 3.05) is 18.5 Å². The lowest BCUT2D eigenvalue weighted by atomic mass is 9.84. The van der Waals surface area contributed by atoms with Crippen molar-refractivity contribution in [1.29, 1.82) is 0 Å². The molecule has 0 aliphatic carbocycles. The van der Waals surface area contributed by atoms with Crippen LogP contribution in [0.5, 0.6) is 5.75 Å². The zero-order valence-electron chi connectivity index (χ0n) is 38.1. The lowest BCUT2D eigenvalue weighted by Gasteiger charge is -2.50. The highest BCUT2D eigenvalue weighted by molar-refractivity contribution is 7.80. The molecule has 0 bridgehead atoms. The van der Waals surface area contributed by atoms with Crippen LogP contribution in [0.4, 0.5) is 14.7 Å². The van der Waals surface area contributed by atoms with Crippen LogP contribution in [-0.4, -0.2) is 111 Å². The molecule has 0 spiro atoms. The Bertz CT molecular complexity index is 2400. The summed E-state index contributed by atoms with van der Waals surface area (Å²) in [6.45, 7) is 18.4. The van der Waals surface area contributed by atoms with E-state index in [0.717, 1.165) is 16.9 Å². The number of β-lactam (4-membered cyclic amide) rings is 1. The number of alkyl carbamates (subject to hydrolysis) is 1. The number of amides is 4. The number of oxime groups is 1. The molecule has 2 aromatic heterocycles. The number of nitrogens with zero attached hydrogens (tertiary/aromatic N) is 5. The summed E-state index contributed by atoms with van der Waals surface area (Å²) in [5.41, 5.74) is -3.26. The Morgan fingerprint density at radius 2 is 1.65 bits per heavy atom. The van der Waals surface area contributed by atoms with Crippen LogP contribution >= 0.6 is 22.9 Å². The van der Waals surface area contributed by atoms with Gasteiger partial charge in [-0.3, -0.25) is 19.5 Å². The molecule has 3 heterocycles. The first-order valence-electron chi connectivity index (χ1n) is 20.0. The first-order chi connectivity index (χ1) is 29.8. The van der Waals surface area contributed by atoms with Crippen molar-refractivity contribution in [1.82, 2.24) is 25.4 Å². The van der Waals surface area contributed by atoms with E-state index in [9.17, 15) is 32.4 Å². The number of carbonyl (C=O) groups excluding carboxylic acids is 5. The Labute approximate surface area is 385 Å². The molecule has 1 aliphatic rings. The minimum atomic E-state index is -5.09. The van der Waals surface area contributed by atoms with Crippen molar-refractivity contribution in [3.05, 3.63) is 46.7 Å². The van der Waals surface area contributed by atoms with Crippen molar-refractivity contribution >= 4 is 74.2 Å². The minimum Gasteiger partial charge on any atom is -0.489 e. The number of anilines is 1. The van der Waals surface area contributed by atoms with Crippen LogP contribution < -0.4 is 25.4 Å². The second kappa shape index (κ2) is 20.3. The molecule has 1 saturated heterocycles. The number of hydrogen-bond acceptors (Lipinski definition) is 16. The first kappa shape index (κ1) is 52.1. The van der Waals surface area contributed by atoms with Crippen LogP contribution in [0.2, 0.25) is 5.02 Å². The van der Waals surface area contributed by atoms with Gasteiger partial charge < -0.3 is 34.4 Å². The van der Waals surface area contributed by atoms with E-state index in [4.69, 9.17) is 39.9 Å². The molecule has 0 saturated carbocycles. The third-order valence-corrected chi connectivity index (χ3v) is 9.94. The Balaban J connectivity index is 1.56. The minimum absolute atomic E-state index is 0.0206. The summed E-state index contributed by atoms with van der Waals surface area (Å²) in [6.07, 6.45) is 1.45. The summed E-state index contributed by atoms with van der Waals surface area (Å²) < 4.78 is 62.1. The van der Waals surface area contributed by atoms with Crippen LogP contribution in [0.1, 0.15) is 88.3 Å². The number of esters is 1.